The SMILES string of the molecule is C=CC(=NC)C(=O)NC1CC(c2nnc([C@@H](O)C=C)s2)C1. The van der Waals surface area contributed by atoms with Crippen molar-refractivity contribution >= 4 is 23.0 Å². The fourth-order valence-electron chi connectivity index (χ4n) is 2.11. The number of aliphatic imine (C=N–C) groups is 1. The van der Waals surface area contributed by atoms with Gasteiger partial charge in [0, 0.05) is 19.0 Å². The normalized spacial score (nSPS) is 23.0. The fraction of sp³-hybridized carbons (Fsp3) is 0.429. The first-order valence-electron chi connectivity index (χ1n) is 6.63. The molecule has 7 heteroatoms. The van der Waals surface area contributed by atoms with E-state index in [9.17, 15) is 9.90 Å². The summed E-state index contributed by atoms with van der Waals surface area (Å²) in [5.74, 6) is 0.0836. The van der Waals surface area contributed by atoms with Gasteiger partial charge >= 0.3 is 0 Å². The molecule has 1 saturated carbocycles. The van der Waals surface area contributed by atoms with E-state index in [0.717, 1.165) is 17.8 Å². The van der Waals surface area contributed by atoms with Crippen LogP contribution in [0.1, 0.15) is 34.9 Å². The van der Waals surface area contributed by atoms with Crippen LogP contribution in [0.5, 0.6) is 0 Å². The van der Waals surface area contributed by atoms with Gasteiger partial charge in [0.05, 0.1) is 0 Å². The molecule has 0 unspecified atom stereocenters. The molecular weight excluding hydrogens is 288 g/mol. The molecule has 1 heterocycles. The third kappa shape index (κ3) is 3.43. The number of nitrogens with one attached hydrogen (secondary N) is 1. The van der Waals surface area contributed by atoms with Crippen LogP contribution in [-0.2, 0) is 4.79 Å². The Morgan fingerprint density at radius 1 is 1.52 bits per heavy atom. The molecule has 0 aromatic carbocycles. The number of rotatable bonds is 6. The first-order valence-corrected chi connectivity index (χ1v) is 7.44. The number of hydrogen-bond acceptors (Lipinski definition) is 6. The van der Waals surface area contributed by atoms with E-state index in [1.54, 1.807) is 7.05 Å². The number of amides is 1. The van der Waals surface area contributed by atoms with Crippen LogP contribution in [0.4, 0.5) is 0 Å². The highest BCUT2D eigenvalue weighted by Crippen LogP contribution is 2.39. The molecule has 2 rings (SSSR count). The van der Waals surface area contributed by atoms with E-state index in [-0.39, 0.29) is 17.9 Å². The maximum atomic E-state index is 11.8. The molecule has 1 atom stereocenters. The van der Waals surface area contributed by atoms with Gasteiger partial charge in [0.25, 0.3) is 5.91 Å². The van der Waals surface area contributed by atoms with Gasteiger partial charge < -0.3 is 10.4 Å². The molecule has 0 spiro atoms. The maximum Gasteiger partial charge on any atom is 0.269 e. The summed E-state index contributed by atoms with van der Waals surface area (Å²) in [5, 5.41) is 22.0. The standard InChI is InChI=1S/C14H18N4O2S/c1-4-10(15-3)12(20)16-9-6-8(7-9)13-17-18-14(21-13)11(19)5-2/h4-5,8-9,11,19H,1-2,6-7H2,3H3,(H,16,20)/t8?,9?,11-/m0/s1. The van der Waals surface area contributed by atoms with Gasteiger partial charge in [0.15, 0.2) is 0 Å². The molecule has 0 radical (unpaired) electrons. The molecular formula is C14H18N4O2S. The molecule has 1 aliphatic carbocycles. The number of aliphatic hydroxyl groups excluding tert-OH is 1. The van der Waals surface area contributed by atoms with Crippen molar-refractivity contribution in [1.82, 2.24) is 15.5 Å². The van der Waals surface area contributed by atoms with Crippen molar-refractivity contribution in [3.63, 3.8) is 0 Å². The van der Waals surface area contributed by atoms with E-state index < -0.39 is 6.10 Å². The van der Waals surface area contributed by atoms with Gasteiger partial charge in [0.1, 0.15) is 21.8 Å². The number of hydrogen-bond donors (Lipinski definition) is 2. The van der Waals surface area contributed by atoms with Crippen LogP contribution < -0.4 is 5.32 Å². The van der Waals surface area contributed by atoms with Crippen molar-refractivity contribution in [1.29, 1.82) is 0 Å². The van der Waals surface area contributed by atoms with E-state index in [1.807, 2.05) is 0 Å². The smallest absolute Gasteiger partial charge is 0.269 e. The zero-order valence-corrected chi connectivity index (χ0v) is 12.6. The Morgan fingerprint density at radius 3 is 2.81 bits per heavy atom. The summed E-state index contributed by atoms with van der Waals surface area (Å²) >= 11 is 1.39. The van der Waals surface area contributed by atoms with Crippen molar-refractivity contribution in [2.45, 2.75) is 30.9 Å². The van der Waals surface area contributed by atoms with Gasteiger partial charge in [-0.2, -0.15) is 0 Å². The van der Waals surface area contributed by atoms with Crippen molar-refractivity contribution < 1.29 is 9.90 Å². The molecule has 0 bridgehead atoms. The molecule has 1 aliphatic rings. The Kier molecular flexibility index (Phi) is 4.98. The Bertz CT molecular complexity index is 575. The Labute approximate surface area is 127 Å². The largest absolute Gasteiger partial charge is 0.382 e. The highest BCUT2D eigenvalue weighted by molar-refractivity contribution is 7.11. The summed E-state index contributed by atoms with van der Waals surface area (Å²) in [6, 6.07) is 0.121. The van der Waals surface area contributed by atoms with Gasteiger partial charge in [-0.3, -0.25) is 9.79 Å². The Balaban J connectivity index is 1.86. The number of carbonyl (C=O) groups is 1. The third-order valence-corrected chi connectivity index (χ3v) is 4.58. The van der Waals surface area contributed by atoms with E-state index in [4.69, 9.17) is 0 Å². The molecule has 1 aromatic heterocycles. The second-order valence-electron chi connectivity index (χ2n) is 4.81. The molecule has 1 aromatic rings. The van der Waals surface area contributed by atoms with E-state index in [2.05, 4.69) is 33.7 Å². The summed E-state index contributed by atoms with van der Waals surface area (Å²) in [7, 11) is 1.56. The lowest BCUT2D eigenvalue weighted by molar-refractivity contribution is -0.116. The molecule has 1 amide bonds. The summed E-state index contributed by atoms with van der Waals surface area (Å²) in [6.45, 7) is 7.08. The summed E-state index contributed by atoms with van der Waals surface area (Å²) in [4.78, 5) is 15.7. The van der Waals surface area contributed by atoms with Gasteiger partial charge in [-0.05, 0) is 18.9 Å². The number of aromatic nitrogens is 2. The molecule has 0 saturated heterocycles. The zero-order chi connectivity index (χ0) is 15.4. The molecule has 0 aliphatic heterocycles. The number of carbonyl (C=O) groups excluding carboxylic acids is 1. The van der Waals surface area contributed by atoms with Crippen LogP contribution in [0.25, 0.3) is 0 Å². The summed E-state index contributed by atoms with van der Waals surface area (Å²) < 4.78 is 0. The van der Waals surface area contributed by atoms with Gasteiger partial charge in [-0.15, -0.1) is 16.8 Å². The topological polar surface area (TPSA) is 87.5 Å². The van der Waals surface area contributed by atoms with Crippen molar-refractivity contribution in [2.75, 3.05) is 7.05 Å². The Hall–Kier alpha value is -1.86. The van der Waals surface area contributed by atoms with Crippen LogP contribution in [0.15, 0.2) is 30.3 Å². The maximum absolute atomic E-state index is 11.8. The minimum Gasteiger partial charge on any atom is -0.382 e. The Morgan fingerprint density at radius 2 is 2.24 bits per heavy atom. The van der Waals surface area contributed by atoms with Gasteiger partial charge in [-0.25, -0.2) is 0 Å². The third-order valence-electron chi connectivity index (χ3n) is 3.42. The van der Waals surface area contributed by atoms with Crippen molar-refractivity contribution in [2.24, 2.45) is 4.99 Å². The first kappa shape index (κ1) is 15.5. The lowest BCUT2D eigenvalue weighted by Gasteiger charge is -2.34. The second-order valence-corrected chi connectivity index (χ2v) is 5.85. The zero-order valence-electron chi connectivity index (χ0n) is 11.8. The fourth-order valence-corrected chi connectivity index (χ4v) is 3.07. The van der Waals surface area contributed by atoms with Crippen LogP contribution in [0.3, 0.4) is 0 Å². The predicted molar refractivity (Wildman–Crippen MR) is 82.5 cm³/mol. The van der Waals surface area contributed by atoms with Gasteiger partial charge in [-0.1, -0.05) is 24.0 Å². The minimum atomic E-state index is -0.761. The summed E-state index contributed by atoms with van der Waals surface area (Å²) in [5.41, 5.74) is 0.339. The van der Waals surface area contributed by atoms with E-state index >= 15 is 0 Å². The van der Waals surface area contributed by atoms with E-state index in [1.165, 1.54) is 23.5 Å². The van der Waals surface area contributed by atoms with E-state index in [0.29, 0.717) is 10.7 Å². The lowest BCUT2D eigenvalue weighted by atomic mass is 9.80. The van der Waals surface area contributed by atoms with Crippen LogP contribution >= 0.6 is 11.3 Å². The van der Waals surface area contributed by atoms with Crippen molar-refractivity contribution in [3.8, 4) is 0 Å². The van der Waals surface area contributed by atoms with Crippen LogP contribution in [-0.4, -0.2) is 40.0 Å². The van der Waals surface area contributed by atoms with Crippen LogP contribution in [0.2, 0.25) is 0 Å². The quantitative estimate of drug-likeness (QED) is 0.614. The number of aliphatic hydroxyl groups is 1. The average Bonchev–Trinajstić information content (AvgIpc) is 2.92. The lowest BCUT2D eigenvalue weighted by Crippen LogP contribution is -2.45. The summed E-state index contributed by atoms with van der Waals surface area (Å²) in [6.07, 6.45) is 3.74. The minimum absolute atomic E-state index is 0.121. The monoisotopic (exact) mass is 306 g/mol. The molecule has 21 heavy (non-hydrogen) atoms. The highest BCUT2D eigenvalue weighted by atomic mass is 32.1. The average molecular weight is 306 g/mol. The highest BCUT2D eigenvalue weighted by Gasteiger charge is 2.34. The molecule has 1 fully saturated rings. The molecule has 2 N–H and O–H groups in total. The molecule has 6 nitrogen and oxygen atoms in total. The predicted octanol–water partition coefficient (Wildman–Crippen LogP) is 1.38. The van der Waals surface area contributed by atoms with Gasteiger partial charge in [0.2, 0.25) is 0 Å². The number of nitrogens with zero attached hydrogens (tertiary/aromatic N) is 3. The van der Waals surface area contributed by atoms with Crippen LogP contribution in [0, 0.1) is 0 Å². The molecule has 112 valence electrons. The second kappa shape index (κ2) is 6.73. The van der Waals surface area contributed by atoms with Crippen molar-refractivity contribution in [3.05, 3.63) is 35.3 Å². The first-order chi connectivity index (χ1) is 10.1.